The number of carbonyl (C=O) groups is 5. The molecule has 1 unspecified atom stereocenters. The van der Waals surface area contributed by atoms with Crippen LogP contribution in [-0.2, 0) is 33.3 Å². The minimum Gasteiger partial charge on any atom is -0.457 e. The van der Waals surface area contributed by atoms with Gasteiger partial charge >= 0.3 is 13.6 Å². The van der Waals surface area contributed by atoms with Crippen LogP contribution in [0, 0.1) is 23.7 Å². The van der Waals surface area contributed by atoms with Crippen molar-refractivity contribution in [1.82, 2.24) is 5.32 Å². The maximum Gasteiger partial charge on any atom is 0.373 e. The lowest BCUT2D eigenvalue weighted by molar-refractivity contribution is -0.146. The van der Waals surface area contributed by atoms with Gasteiger partial charge in [0.25, 0.3) is 5.91 Å². The summed E-state index contributed by atoms with van der Waals surface area (Å²) in [6, 6.07) is 6.06. The van der Waals surface area contributed by atoms with E-state index in [4.69, 9.17) is 9.26 Å². The summed E-state index contributed by atoms with van der Waals surface area (Å²) in [7, 11) is -3.71. The van der Waals surface area contributed by atoms with Crippen LogP contribution in [-0.4, -0.2) is 58.2 Å². The highest BCUT2D eigenvalue weighted by Gasteiger charge is 2.32. The second-order valence-electron chi connectivity index (χ2n) is 14.7. The third-order valence-electron chi connectivity index (χ3n) is 9.51. The predicted octanol–water partition coefficient (Wildman–Crippen LogP) is 6.91. The molecule has 3 rings (SSSR count). The Balaban J connectivity index is 1.82. The molecular formula is C41H55N2O10P. The topological polar surface area (TPSA) is 185 Å². The number of aliphatic hydroxyl groups is 1. The number of aliphatic hydroxyl groups excluding tert-OH is 1. The van der Waals surface area contributed by atoms with Gasteiger partial charge in [-0.2, -0.15) is 0 Å². The molecule has 1 aliphatic heterocycles. The van der Waals surface area contributed by atoms with Crippen molar-refractivity contribution in [2.75, 3.05) is 12.0 Å². The molecule has 2 aliphatic rings. The molecular weight excluding hydrogens is 711 g/mol. The fraction of sp³-hybridized carbons (Fsp3) is 0.488. The normalized spacial score (nSPS) is 28.3. The maximum atomic E-state index is 13.9. The number of hydrogen-bond acceptors (Lipinski definition) is 9. The van der Waals surface area contributed by atoms with E-state index < -0.39 is 37.5 Å². The van der Waals surface area contributed by atoms with E-state index in [-0.39, 0.29) is 66.1 Å². The van der Waals surface area contributed by atoms with Gasteiger partial charge in [0.1, 0.15) is 11.9 Å². The van der Waals surface area contributed by atoms with E-state index in [2.05, 4.69) is 10.6 Å². The van der Waals surface area contributed by atoms with Crippen LogP contribution in [0.5, 0.6) is 5.75 Å². The highest BCUT2D eigenvalue weighted by Crippen LogP contribution is 2.38. The summed E-state index contributed by atoms with van der Waals surface area (Å²) in [5, 5.41) is 16.7. The molecule has 1 heterocycles. The van der Waals surface area contributed by atoms with Crippen molar-refractivity contribution in [2.45, 2.75) is 99.2 Å². The third-order valence-corrected chi connectivity index (χ3v) is 10.1. The van der Waals surface area contributed by atoms with Crippen molar-refractivity contribution < 1.29 is 47.8 Å². The van der Waals surface area contributed by atoms with Gasteiger partial charge in [0, 0.05) is 60.3 Å². The molecule has 1 aromatic carbocycles. The molecule has 2 amide bonds. The van der Waals surface area contributed by atoms with Crippen LogP contribution in [0.25, 0.3) is 0 Å². The molecule has 1 aliphatic carbocycles. The summed E-state index contributed by atoms with van der Waals surface area (Å²) in [6.45, 7) is 13.6. The first-order chi connectivity index (χ1) is 25.2. The standard InChI is InChI=1S/C41H55N2O10P/c1-24-20-27(4)38(47)28(5)22-29(6)40(52-30(7)44)25(2)12-11-13-26(3)41(49)43-35-23-36(45)33(34(21-24)39(35)48)14-9-10-15-37(46)42-31-16-18-32(19-17-31)53-54(8,50)51/h11-13,16-19,22-25,27-28,38,40,47H,9-10,14-15,20-21H2,1-8H3,(H,42,46)(H,43,49)(H,50,51)/b12-11-,26-13+,29-22+/t24-,25-,27-,28-,38-,40+/m0/s1. The Morgan fingerprint density at radius 2 is 1.69 bits per heavy atom. The molecule has 54 heavy (non-hydrogen) atoms. The van der Waals surface area contributed by atoms with Gasteiger partial charge in [-0.05, 0) is 87.6 Å². The van der Waals surface area contributed by atoms with Crippen LogP contribution in [0.2, 0.25) is 0 Å². The molecule has 0 saturated carbocycles. The summed E-state index contributed by atoms with van der Waals surface area (Å²) >= 11 is 0. The van der Waals surface area contributed by atoms with Gasteiger partial charge in [-0.1, -0.05) is 52.0 Å². The summed E-state index contributed by atoms with van der Waals surface area (Å²) in [4.78, 5) is 74.7. The fourth-order valence-electron chi connectivity index (χ4n) is 6.82. The number of hydrogen-bond donors (Lipinski definition) is 4. The lowest BCUT2D eigenvalue weighted by Crippen LogP contribution is -2.33. The highest BCUT2D eigenvalue weighted by atomic mass is 31.2. The molecule has 4 N–H and O–H groups in total. The first-order valence-electron chi connectivity index (χ1n) is 18.4. The summed E-state index contributed by atoms with van der Waals surface area (Å²) in [5.74, 6) is -2.69. The number of anilines is 1. The molecule has 0 saturated heterocycles. The van der Waals surface area contributed by atoms with Gasteiger partial charge in [-0.15, -0.1) is 0 Å². The van der Waals surface area contributed by atoms with Gasteiger partial charge in [0.05, 0.1) is 11.8 Å². The quantitative estimate of drug-likeness (QED) is 0.0677. The minimum atomic E-state index is -3.71. The lowest BCUT2D eigenvalue weighted by Gasteiger charge is -2.28. The van der Waals surface area contributed by atoms with E-state index in [1.54, 1.807) is 31.2 Å². The third kappa shape index (κ3) is 13.5. The van der Waals surface area contributed by atoms with Gasteiger partial charge in [-0.3, -0.25) is 24.0 Å². The maximum absolute atomic E-state index is 13.9. The molecule has 12 nitrogen and oxygen atoms in total. The number of esters is 1. The molecule has 0 fully saturated rings. The number of unbranched alkanes of at least 4 members (excludes halogenated alkanes) is 1. The van der Waals surface area contributed by atoms with Gasteiger partial charge in [0.15, 0.2) is 5.78 Å². The first-order valence-corrected chi connectivity index (χ1v) is 20.4. The van der Waals surface area contributed by atoms with Crippen molar-refractivity contribution in [3.8, 4) is 5.75 Å². The molecule has 0 aromatic heterocycles. The number of Topliss-reactive ketones (excluding diaryl/α,β-unsaturated/α-hetero) is 1. The molecule has 0 radical (unpaired) electrons. The van der Waals surface area contributed by atoms with Crippen LogP contribution in [0.4, 0.5) is 5.69 Å². The van der Waals surface area contributed by atoms with Crippen LogP contribution in [0.15, 0.2) is 82.6 Å². The van der Waals surface area contributed by atoms with Gasteiger partial charge in [-0.25, -0.2) is 4.57 Å². The first kappa shape index (κ1) is 44.0. The number of benzene rings is 1. The number of amides is 2. The monoisotopic (exact) mass is 766 g/mol. The van der Waals surface area contributed by atoms with Crippen molar-refractivity contribution >= 4 is 42.6 Å². The second kappa shape index (κ2) is 19.8. The van der Waals surface area contributed by atoms with Crippen molar-refractivity contribution in [3.05, 3.63) is 82.6 Å². The van der Waals surface area contributed by atoms with E-state index in [9.17, 15) is 38.5 Å². The Labute approximate surface area is 318 Å². The minimum absolute atomic E-state index is 0.105. The van der Waals surface area contributed by atoms with E-state index in [1.807, 2.05) is 46.8 Å². The number of allylic oxidation sites excluding steroid dienone is 5. The molecule has 13 heteroatoms. The average molecular weight is 767 g/mol. The molecule has 2 bridgehead atoms. The van der Waals surface area contributed by atoms with Crippen molar-refractivity contribution in [3.63, 3.8) is 0 Å². The van der Waals surface area contributed by atoms with Crippen molar-refractivity contribution in [1.29, 1.82) is 0 Å². The highest BCUT2D eigenvalue weighted by molar-refractivity contribution is 7.52. The number of nitrogens with one attached hydrogen (secondary N) is 2. The number of rotatable bonds is 9. The fourth-order valence-corrected chi connectivity index (χ4v) is 7.33. The second-order valence-corrected chi connectivity index (χ2v) is 16.5. The van der Waals surface area contributed by atoms with E-state index in [1.165, 1.54) is 19.1 Å². The Kier molecular flexibility index (Phi) is 16.1. The predicted molar refractivity (Wildman–Crippen MR) is 207 cm³/mol. The zero-order valence-corrected chi connectivity index (χ0v) is 33.4. The van der Waals surface area contributed by atoms with Crippen LogP contribution >= 0.6 is 7.60 Å². The molecule has 7 atom stereocenters. The largest absolute Gasteiger partial charge is 0.457 e. The van der Waals surface area contributed by atoms with Crippen molar-refractivity contribution in [2.24, 2.45) is 23.7 Å². The number of ether oxygens (including phenoxy) is 1. The molecule has 0 spiro atoms. The molecule has 1 aromatic rings. The van der Waals surface area contributed by atoms with E-state index in [0.29, 0.717) is 41.7 Å². The zero-order chi connectivity index (χ0) is 40.3. The summed E-state index contributed by atoms with van der Waals surface area (Å²) in [6.07, 6.45) is 8.92. The summed E-state index contributed by atoms with van der Waals surface area (Å²) in [5.41, 5.74) is 2.14. The number of fused-ring (bicyclic) bond motifs is 2. The number of carbonyl (C=O) groups excluding carboxylic acids is 5. The Morgan fingerprint density at radius 3 is 2.31 bits per heavy atom. The Morgan fingerprint density at radius 1 is 1.02 bits per heavy atom. The van der Waals surface area contributed by atoms with E-state index in [0.717, 1.165) is 18.3 Å². The average Bonchev–Trinajstić information content (AvgIpc) is 3.07. The Hall–Kier alpha value is -4.38. The van der Waals surface area contributed by atoms with Gasteiger partial charge < -0.3 is 29.9 Å². The number of ketones is 2. The SMILES string of the molecule is CC(=O)O[C@H]1/C(C)=C/[C@H](C)[C@@H](O)[C@@H](C)C[C@H](C)CC2=C(CCCCC(=O)Nc3ccc(OP(C)(=O)O)cc3)C(=O)C=C(NC(=O)/C(C)=C/C=C\[C@@H]1C)C2=O. The lowest BCUT2D eigenvalue weighted by atomic mass is 9.80. The van der Waals surface area contributed by atoms with Crippen LogP contribution in [0.3, 0.4) is 0 Å². The smallest absolute Gasteiger partial charge is 0.373 e. The van der Waals surface area contributed by atoms with Crippen LogP contribution < -0.4 is 15.2 Å². The Bertz CT molecular complexity index is 1780. The van der Waals surface area contributed by atoms with E-state index >= 15 is 0 Å². The zero-order valence-electron chi connectivity index (χ0n) is 32.5. The summed E-state index contributed by atoms with van der Waals surface area (Å²) < 4.78 is 22.1. The molecule has 294 valence electrons. The van der Waals surface area contributed by atoms with Crippen LogP contribution in [0.1, 0.15) is 87.0 Å². The van der Waals surface area contributed by atoms with Gasteiger partial charge in [0.2, 0.25) is 11.7 Å².